The number of anilines is 1. The molecule has 27 heavy (non-hydrogen) atoms. The molecule has 2 saturated heterocycles. The summed E-state index contributed by atoms with van der Waals surface area (Å²) < 4.78 is 11.0. The van der Waals surface area contributed by atoms with E-state index in [4.69, 9.17) is 24.4 Å². The smallest absolute Gasteiger partial charge is 0.229 e. The summed E-state index contributed by atoms with van der Waals surface area (Å²) in [7, 11) is 0. The molecule has 0 aliphatic carbocycles. The molecule has 0 bridgehead atoms. The monoisotopic (exact) mass is 370 g/mol. The van der Waals surface area contributed by atoms with Gasteiger partial charge in [-0.05, 0) is 37.3 Å². The molecule has 2 aliphatic rings. The Hall–Kier alpha value is -2.25. The van der Waals surface area contributed by atoms with E-state index in [0.29, 0.717) is 30.9 Å². The molecule has 7 heteroatoms. The van der Waals surface area contributed by atoms with Crippen LogP contribution < -0.4 is 4.90 Å². The molecule has 1 unspecified atom stereocenters. The van der Waals surface area contributed by atoms with Crippen molar-refractivity contribution in [3.63, 3.8) is 0 Å². The Labute approximate surface area is 159 Å². The van der Waals surface area contributed by atoms with Crippen molar-refractivity contribution in [1.29, 1.82) is 0 Å². The molecule has 3 heterocycles. The zero-order chi connectivity index (χ0) is 18.5. The van der Waals surface area contributed by atoms with Crippen LogP contribution in [-0.4, -0.2) is 59.6 Å². The van der Waals surface area contributed by atoms with Crippen LogP contribution in [0.5, 0.6) is 5.75 Å². The summed E-state index contributed by atoms with van der Waals surface area (Å²) in [6, 6.07) is 7.08. The Kier molecular flexibility index (Phi) is 5.79. The van der Waals surface area contributed by atoms with Gasteiger partial charge in [0.1, 0.15) is 11.6 Å². The van der Waals surface area contributed by atoms with Crippen LogP contribution >= 0.6 is 0 Å². The topological polar surface area (TPSA) is 80.6 Å². The Morgan fingerprint density at radius 3 is 2.70 bits per heavy atom. The lowest BCUT2D eigenvalue weighted by Gasteiger charge is -2.27. The predicted octanol–water partition coefficient (Wildman–Crippen LogP) is 2.44. The van der Waals surface area contributed by atoms with Gasteiger partial charge in [0, 0.05) is 38.3 Å². The summed E-state index contributed by atoms with van der Waals surface area (Å²) >= 11 is 0. The summed E-state index contributed by atoms with van der Waals surface area (Å²) in [5.74, 6) is 2.87. The van der Waals surface area contributed by atoms with Crippen LogP contribution in [0, 0.1) is 5.92 Å². The Balaban J connectivity index is 1.65. The number of phenolic OH excluding ortho intramolecular Hbond substituents is 1. The first-order chi connectivity index (χ1) is 13.3. The largest absolute Gasteiger partial charge is 0.508 e. The molecular formula is C20H26N4O3. The van der Waals surface area contributed by atoms with Crippen molar-refractivity contribution >= 4 is 5.95 Å². The van der Waals surface area contributed by atoms with Crippen LogP contribution in [0.1, 0.15) is 25.1 Å². The van der Waals surface area contributed by atoms with E-state index >= 15 is 0 Å². The Bertz CT molecular complexity index is 757. The van der Waals surface area contributed by atoms with Gasteiger partial charge in [0.25, 0.3) is 0 Å². The molecule has 0 saturated carbocycles. The maximum absolute atomic E-state index is 9.84. The average Bonchev–Trinajstić information content (AvgIpc) is 2.97. The average molecular weight is 370 g/mol. The van der Waals surface area contributed by atoms with Crippen molar-refractivity contribution in [1.82, 2.24) is 15.0 Å². The normalized spacial score (nSPS) is 21.0. The molecular weight excluding hydrogens is 344 g/mol. The highest BCUT2D eigenvalue weighted by atomic mass is 16.5. The second kappa shape index (κ2) is 8.63. The summed E-state index contributed by atoms with van der Waals surface area (Å²) in [5, 5.41) is 9.84. The van der Waals surface area contributed by atoms with Gasteiger partial charge in [-0.25, -0.2) is 4.98 Å². The fourth-order valence-electron chi connectivity index (χ4n) is 3.61. The second-order valence-electron chi connectivity index (χ2n) is 7.14. The van der Waals surface area contributed by atoms with Crippen molar-refractivity contribution < 1.29 is 14.6 Å². The van der Waals surface area contributed by atoms with Crippen LogP contribution in [0.25, 0.3) is 11.4 Å². The van der Waals surface area contributed by atoms with E-state index in [1.807, 2.05) is 12.1 Å². The molecule has 2 fully saturated rings. The third kappa shape index (κ3) is 4.73. The zero-order valence-electron chi connectivity index (χ0n) is 15.5. The number of phenols is 1. The molecule has 0 spiro atoms. The van der Waals surface area contributed by atoms with Gasteiger partial charge in [0.05, 0.1) is 13.2 Å². The molecule has 7 nitrogen and oxygen atoms in total. The maximum Gasteiger partial charge on any atom is 0.229 e. The summed E-state index contributed by atoms with van der Waals surface area (Å²) in [6.07, 6.45) is 4.10. The lowest BCUT2D eigenvalue weighted by Crippen LogP contribution is -2.37. The molecule has 144 valence electrons. The summed E-state index contributed by atoms with van der Waals surface area (Å²) in [6.45, 7) is 4.58. The lowest BCUT2D eigenvalue weighted by molar-refractivity contribution is 0.122. The molecule has 1 N–H and O–H groups in total. The number of rotatable bonds is 4. The molecule has 1 aromatic carbocycles. The zero-order valence-corrected chi connectivity index (χ0v) is 15.5. The number of hydrogen-bond donors (Lipinski definition) is 1. The fraction of sp³-hybridized carbons (Fsp3) is 0.550. The van der Waals surface area contributed by atoms with Gasteiger partial charge in [-0.15, -0.1) is 0 Å². The highest BCUT2D eigenvalue weighted by molar-refractivity contribution is 5.58. The maximum atomic E-state index is 9.84. The minimum Gasteiger partial charge on any atom is -0.508 e. The van der Waals surface area contributed by atoms with Crippen LogP contribution in [0.15, 0.2) is 24.3 Å². The van der Waals surface area contributed by atoms with Gasteiger partial charge in [0.15, 0.2) is 5.82 Å². The van der Waals surface area contributed by atoms with Crippen molar-refractivity contribution in [2.45, 2.75) is 25.7 Å². The predicted molar refractivity (Wildman–Crippen MR) is 102 cm³/mol. The molecule has 1 atom stereocenters. The van der Waals surface area contributed by atoms with Crippen molar-refractivity contribution in [2.75, 3.05) is 44.4 Å². The number of aromatic hydroxyl groups is 1. The number of morpholine rings is 1. The van der Waals surface area contributed by atoms with E-state index in [0.717, 1.165) is 63.4 Å². The third-order valence-corrected chi connectivity index (χ3v) is 5.11. The first-order valence-electron chi connectivity index (χ1n) is 9.73. The summed E-state index contributed by atoms with van der Waals surface area (Å²) in [4.78, 5) is 16.3. The van der Waals surface area contributed by atoms with Crippen LogP contribution in [0.2, 0.25) is 0 Å². The van der Waals surface area contributed by atoms with Gasteiger partial charge in [-0.3, -0.25) is 0 Å². The van der Waals surface area contributed by atoms with E-state index in [1.165, 1.54) is 0 Å². The first-order valence-corrected chi connectivity index (χ1v) is 9.73. The van der Waals surface area contributed by atoms with Crippen molar-refractivity contribution in [3.05, 3.63) is 30.1 Å². The first kappa shape index (κ1) is 18.1. The molecule has 2 aromatic rings. The number of hydrogen-bond acceptors (Lipinski definition) is 7. The Morgan fingerprint density at radius 2 is 1.85 bits per heavy atom. The van der Waals surface area contributed by atoms with Crippen LogP contribution in [-0.2, 0) is 15.9 Å². The highest BCUT2D eigenvalue weighted by Gasteiger charge is 2.20. The second-order valence-corrected chi connectivity index (χ2v) is 7.14. The van der Waals surface area contributed by atoms with E-state index in [2.05, 4.69) is 4.90 Å². The SMILES string of the molecule is Oc1cccc(-c2nc(CC3CCCOCC3)nc(N3CCOCC3)n2)c1. The molecule has 0 radical (unpaired) electrons. The minimum atomic E-state index is 0.211. The van der Waals surface area contributed by atoms with Crippen LogP contribution in [0.3, 0.4) is 0 Å². The van der Waals surface area contributed by atoms with Gasteiger partial charge < -0.3 is 19.5 Å². The van der Waals surface area contributed by atoms with E-state index in [-0.39, 0.29) is 5.75 Å². The van der Waals surface area contributed by atoms with Crippen molar-refractivity contribution in [3.8, 4) is 17.1 Å². The van der Waals surface area contributed by atoms with E-state index in [1.54, 1.807) is 12.1 Å². The standard InChI is InChI=1S/C20H26N4O3/c25-17-5-1-4-16(14-17)19-21-18(13-15-3-2-9-26-10-6-15)22-20(23-19)24-7-11-27-12-8-24/h1,4-5,14-15,25H,2-3,6-13H2. The van der Waals surface area contributed by atoms with E-state index < -0.39 is 0 Å². The number of ether oxygens (including phenoxy) is 2. The quantitative estimate of drug-likeness (QED) is 0.885. The number of nitrogens with zero attached hydrogens (tertiary/aromatic N) is 4. The van der Waals surface area contributed by atoms with Gasteiger partial charge >= 0.3 is 0 Å². The summed E-state index contributed by atoms with van der Waals surface area (Å²) in [5.41, 5.74) is 0.803. The lowest BCUT2D eigenvalue weighted by atomic mass is 9.96. The third-order valence-electron chi connectivity index (χ3n) is 5.11. The molecule has 2 aliphatic heterocycles. The molecule has 0 amide bonds. The van der Waals surface area contributed by atoms with E-state index in [9.17, 15) is 5.11 Å². The van der Waals surface area contributed by atoms with Gasteiger partial charge in [-0.2, -0.15) is 9.97 Å². The number of benzene rings is 1. The highest BCUT2D eigenvalue weighted by Crippen LogP contribution is 2.25. The van der Waals surface area contributed by atoms with Crippen molar-refractivity contribution in [2.24, 2.45) is 5.92 Å². The Morgan fingerprint density at radius 1 is 1.00 bits per heavy atom. The van der Waals surface area contributed by atoms with Gasteiger partial charge in [-0.1, -0.05) is 12.1 Å². The van der Waals surface area contributed by atoms with Gasteiger partial charge in [0.2, 0.25) is 5.95 Å². The molecule has 4 rings (SSSR count). The minimum absolute atomic E-state index is 0.211. The fourth-order valence-corrected chi connectivity index (χ4v) is 3.61. The molecule has 1 aromatic heterocycles. The van der Waals surface area contributed by atoms with Crippen LogP contribution in [0.4, 0.5) is 5.95 Å². The number of aromatic nitrogens is 3.